The van der Waals surface area contributed by atoms with Crippen molar-refractivity contribution in [3.8, 4) is 0 Å². The molecule has 0 spiro atoms. The van der Waals surface area contributed by atoms with Gasteiger partial charge in [-0.3, -0.25) is 4.90 Å². The van der Waals surface area contributed by atoms with E-state index in [-0.39, 0.29) is 5.54 Å². The van der Waals surface area contributed by atoms with Crippen LogP contribution in [-0.2, 0) is 6.54 Å². The lowest BCUT2D eigenvalue weighted by atomic mass is 9.83. The van der Waals surface area contributed by atoms with Gasteiger partial charge >= 0.3 is 0 Å². The Balaban J connectivity index is 1.85. The third-order valence-corrected chi connectivity index (χ3v) is 5.23. The van der Waals surface area contributed by atoms with E-state index in [1.165, 1.54) is 38.5 Å². The number of hydrogen-bond donors (Lipinski definition) is 1. The van der Waals surface area contributed by atoms with Crippen LogP contribution in [0.2, 0.25) is 0 Å². The molecule has 2 unspecified atom stereocenters. The zero-order chi connectivity index (χ0) is 13.3. The predicted molar refractivity (Wildman–Crippen MR) is 76.7 cm³/mol. The molecule has 0 aliphatic heterocycles. The van der Waals surface area contributed by atoms with Gasteiger partial charge in [-0.25, -0.2) is 0 Å². The average molecular weight is 262 g/mol. The molecular weight excluding hydrogens is 236 g/mol. The Morgan fingerprint density at radius 3 is 2.84 bits per heavy atom. The predicted octanol–water partition coefficient (Wildman–Crippen LogP) is 3.15. The van der Waals surface area contributed by atoms with Gasteiger partial charge in [0.2, 0.25) is 0 Å². The average Bonchev–Trinajstić information content (AvgIpc) is 2.99. The minimum Gasteiger partial charge on any atom is -0.468 e. The molecule has 106 valence electrons. The van der Waals surface area contributed by atoms with Crippen molar-refractivity contribution in [1.82, 2.24) is 4.90 Å². The highest BCUT2D eigenvalue weighted by Crippen LogP contribution is 2.46. The largest absolute Gasteiger partial charge is 0.468 e. The van der Waals surface area contributed by atoms with E-state index < -0.39 is 0 Å². The smallest absolute Gasteiger partial charge is 0.117 e. The number of furan rings is 1. The fourth-order valence-electron chi connectivity index (χ4n) is 4.08. The summed E-state index contributed by atoms with van der Waals surface area (Å²) in [5, 5.41) is 0. The molecule has 3 heteroatoms. The summed E-state index contributed by atoms with van der Waals surface area (Å²) >= 11 is 0. The Hall–Kier alpha value is -0.800. The van der Waals surface area contributed by atoms with Gasteiger partial charge in [0.15, 0.2) is 0 Å². The second-order valence-corrected chi connectivity index (χ2v) is 6.24. The van der Waals surface area contributed by atoms with Gasteiger partial charge in [-0.15, -0.1) is 0 Å². The van der Waals surface area contributed by atoms with E-state index >= 15 is 0 Å². The van der Waals surface area contributed by atoms with E-state index in [2.05, 4.69) is 17.9 Å². The van der Waals surface area contributed by atoms with Crippen LogP contribution in [0.25, 0.3) is 0 Å². The topological polar surface area (TPSA) is 42.4 Å². The van der Waals surface area contributed by atoms with Crippen molar-refractivity contribution in [1.29, 1.82) is 0 Å². The molecule has 0 radical (unpaired) electrons. The molecule has 1 aromatic rings. The zero-order valence-corrected chi connectivity index (χ0v) is 12.0. The SMILES string of the molecule is CCC1CCCC1(CN)N(Cc1ccco1)C1CC1. The zero-order valence-electron chi connectivity index (χ0n) is 12.0. The lowest BCUT2D eigenvalue weighted by Gasteiger charge is -2.45. The summed E-state index contributed by atoms with van der Waals surface area (Å²) in [6.45, 7) is 4.05. The van der Waals surface area contributed by atoms with E-state index in [0.717, 1.165) is 30.8 Å². The molecule has 2 fully saturated rings. The van der Waals surface area contributed by atoms with Crippen LogP contribution in [0, 0.1) is 5.92 Å². The minimum absolute atomic E-state index is 0.225. The Labute approximate surface area is 116 Å². The number of nitrogens with two attached hydrogens (primary N) is 1. The molecule has 2 saturated carbocycles. The number of rotatable bonds is 6. The first-order valence-electron chi connectivity index (χ1n) is 7.79. The van der Waals surface area contributed by atoms with Crippen LogP contribution in [0.15, 0.2) is 22.8 Å². The van der Waals surface area contributed by atoms with Gasteiger partial charge in [-0.1, -0.05) is 19.8 Å². The first kappa shape index (κ1) is 13.2. The molecule has 1 aromatic heterocycles. The summed E-state index contributed by atoms with van der Waals surface area (Å²) < 4.78 is 5.58. The molecule has 0 aromatic carbocycles. The van der Waals surface area contributed by atoms with Gasteiger partial charge in [-0.2, -0.15) is 0 Å². The molecule has 19 heavy (non-hydrogen) atoms. The van der Waals surface area contributed by atoms with Gasteiger partial charge in [-0.05, 0) is 43.7 Å². The van der Waals surface area contributed by atoms with E-state index in [1.807, 2.05) is 6.07 Å². The Bertz CT molecular complexity index is 399. The van der Waals surface area contributed by atoms with Gasteiger partial charge in [0.25, 0.3) is 0 Å². The fourth-order valence-corrected chi connectivity index (χ4v) is 4.08. The van der Waals surface area contributed by atoms with Gasteiger partial charge in [0.05, 0.1) is 12.8 Å². The number of hydrogen-bond acceptors (Lipinski definition) is 3. The maximum atomic E-state index is 6.26. The van der Waals surface area contributed by atoms with Crippen LogP contribution in [0.4, 0.5) is 0 Å². The molecule has 2 aliphatic rings. The Morgan fingerprint density at radius 2 is 2.26 bits per heavy atom. The molecule has 0 saturated heterocycles. The first-order chi connectivity index (χ1) is 9.30. The van der Waals surface area contributed by atoms with Gasteiger partial charge < -0.3 is 10.2 Å². The summed E-state index contributed by atoms with van der Waals surface area (Å²) in [5.74, 6) is 1.84. The van der Waals surface area contributed by atoms with Gasteiger partial charge in [0.1, 0.15) is 5.76 Å². The highest BCUT2D eigenvalue weighted by Gasteiger charge is 2.50. The molecule has 3 rings (SSSR count). The van der Waals surface area contributed by atoms with Crippen molar-refractivity contribution in [3.05, 3.63) is 24.2 Å². The third-order valence-electron chi connectivity index (χ3n) is 5.23. The minimum atomic E-state index is 0.225. The monoisotopic (exact) mass is 262 g/mol. The highest BCUT2D eigenvalue weighted by atomic mass is 16.3. The second kappa shape index (κ2) is 5.29. The maximum Gasteiger partial charge on any atom is 0.117 e. The molecule has 2 aliphatic carbocycles. The van der Waals surface area contributed by atoms with E-state index in [4.69, 9.17) is 10.2 Å². The molecule has 0 bridgehead atoms. The van der Waals surface area contributed by atoms with Crippen molar-refractivity contribution in [3.63, 3.8) is 0 Å². The summed E-state index contributed by atoms with van der Waals surface area (Å²) in [4.78, 5) is 2.69. The third kappa shape index (κ3) is 2.34. The molecular formula is C16H26N2O. The maximum absolute atomic E-state index is 6.26. The van der Waals surface area contributed by atoms with E-state index in [9.17, 15) is 0 Å². The highest BCUT2D eigenvalue weighted by molar-refractivity contribution is 5.09. The van der Waals surface area contributed by atoms with Crippen molar-refractivity contribution in [2.45, 2.75) is 63.6 Å². The molecule has 0 amide bonds. The van der Waals surface area contributed by atoms with Crippen LogP contribution in [0.1, 0.15) is 51.2 Å². The summed E-state index contributed by atoms with van der Waals surface area (Å²) in [6, 6.07) is 4.82. The Kier molecular flexibility index (Phi) is 3.68. The second-order valence-electron chi connectivity index (χ2n) is 6.24. The van der Waals surface area contributed by atoms with Crippen LogP contribution < -0.4 is 5.73 Å². The van der Waals surface area contributed by atoms with Crippen molar-refractivity contribution in [2.75, 3.05) is 6.54 Å². The van der Waals surface area contributed by atoms with Crippen molar-refractivity contribution >= 4 is 0 Å². The number of nitrogens with zero attached hydrogens (tertiary/aromatic N) is 1. The van der Waals surface area contributed by atoms with Crippen molar-refractivity contribution in [2.24, 2.45) is 11.7 Å². The molecule has 3 nitrogen and oxygen atoms in total. The quantitative estimate of drug-likeness (QED) is 0.856. The van der Waals surface area contributed by atoms with Crippen molar-refractivity contribution < 1.29 is 4.42 Å². The Morgan fingerprint density at radius 1 is 1.42 bits per heavy atom. The lowest BCUT2D eigenvalue weighted by molar-refractivity contribution is 0.0341. The van der Waals surface area contributed by atoms with Crippen LogP contribution >= 0.6 is 0 Å². The standard InChI is InChI=1S/C16H26N2O/c1-2-13-5-3-9-16(13,12-17)18(14-7-8-14)11-15-6-4-10-19-15/h4,6,10,13-14H,2-3,5,7-9,11-12,17H2,1H3. The summed E-state index contributed by atoms with van der Waals surface area (Å²) in [5.41, 5.74) is 6.48. The summed E-state index contributed by atoms with van der Waals surface area (Å²) in [7, 11) is 0. The van der Waals surface area contributed by atoms with Crippen LogP contribution in [-0.4, -0.2) is 23.0 Å². The summed E-state index contributed by atoms with van der Waals surface area (Å²) in [6.07, 6.45) is 9.63. The van der Waals surface area contributed by atoms with E-state index in [0.29, 0.717) is 0 Å². The van der Waals surface area contributed by atoms with E-state index in [1.54, 1.807) is 6.26 Å². The molecule has 1 heterocycles. The molecule has 2 N–H and O–H groups in total. The fraction of sp³-hybridized carbons (Fsp3) is 0.750. The molecule has 2 atom stereocenters. The van der Waals surface area contributed by atoms with Crippen LogP contribution in [0.5, 0.6) is 0 Å². The van der Waals surface area contributed by atoms with Gasteiger partial charge in [0, 0.05) is 18.1 Å². The first-order valence-corrected chi connectivity index (χ1v) is 7.79. The normalized spacial score (nSPS) is 31.2. The van der Waals surface area contributed by atoms with Crippen LogP contribution in [0.3, 0.4) is 0 Å². The lowest BCUT2D eigenvalue weighted by Crippen LogP contribution is -2.56.